The van der Waals surface area contributed by atoms with E-state index in [9.17, 15) is 42.4 Å². The number of carboxylic acid groups (broad SMARTS) is 1. The molecule has 2 fully saturated rings. The Hall–Kier alpha value is -3.91. The molecule has 2 N–H and O–H groups in total. The number of halogens is 1. The van der Waals surface area contributed by atoms with Gasteiger partial charge in [-0.2, -0.15) is 4.31 Å². The zero-order valence-electron chi connectivity index (χ0n) is 19.3. The first-order chi connectivity index (χ1) is 17.5. The Kier molecular flexibility index (Phi) is 7.23. The van der Waals surface area contributed by atoms with E-state index in [4.69, 9.17) is 0 Å². The van der Waals surface area contributed by atoms with Gasteiger partial charge in [-0.3, -0.25) is 24.5 Å². The molecule has 2 aromatic carbocycles. The number of nitro benzene ring substituents is 1. The van der Waals surface area contributed by atoms with Crippen LogP contribution in [0.15, 0.2) is 53.4 Å². The number of carbonyl (C=O) groups excluding carboxylic acids is 2. The van der Waals surface area contributed by atoms with Crippen molar-refractivity contribution in [3.63, 3.8) is 0 Å². The van der Waals surface area contributed by atoms with E-state index in [1.54, 1.807) is 0 Å². The average molecular weight is 535 g/mol. The van der Waals surface area contributed by atoms with E-state index < -0.39 is 57.2 Å². The highest BCUT2D eigenvalue weighted by Crippen LogP contribution is 2.35. The summed E-state index contributed by atoms with van der Waals surface area (Å²) in [7, 11) is -4.36. The minimum atomic E-state index is -4.36. The second-order valence-electron chi connectivity index (χ2n) is 8.76. The van der Waals surface area contributed by atoms with Crippen molar-refractivity contribution < 1.29 is 37.2 Å². The third kappa shape index (κ3) is 5.59. The van der Waals surface area contributed by atoms with Gasteiger partial charge in [0, 0.05) is 31.1 Å². The summed E-state index contributed by atoms with van der Waals surface area (Å²) >= 11 is 0. The molecule has 2 amide bonds. The van der Waals surface area contributed by atoms with Crippen LogP contribution >= 0.6 is 0 Å². The number of nitrogens with zero attached hydrogens (tertiary/aromatic N) is 3. The standard InChI is InChI=1S/C23H23FN4O8S/c24-16-6-8-18(9-7-16)37(35,36)27-11-10-26(23(32)14-4-5-14)22(27)21(31)25-19(13-20(29)30)15-2-1-3-17(12-15)28(33)34/h1-3,6-9,12,14,19,22H,4-5,10-11,13H2,(H,25,31)(H,29,30). The molecule has 4 rings (SSSR count). The summed E-state index contributed by atoms with van der Waals surface area (Å²) < 4.78 is 41.0. The fraction of sp³-hybridized carbons (Fsp3) is 0.348. The van der Waals surface area contributed by atoms with Crippen molar-refractivity contribution in [3.05, 3.63) is 70.0 Å². The van der Waals surface area contributed by atoms with Crippen molar-refractivity contribution in [2.75, 3.05) is 13.1 Å². The minimum absolute atomic E-state index is 0.0751. The molecule has 0 spiro atoms. The van der Waals surface area contributed by atoms with Gasteiger partial charge in [0.15, 0.2) is 6.17 Å². The molecule has 37 heavy (non-hydrogen) atoms. The number of carbonyl (C=O) groups is 3. The van der Waals surface area contributed by atoms with Gasteiger partial charge in [-0.05, 0) is 42.7 Å². The predicted octanol–water partition coefficient (Wildman–Crippen LogP) is 1.64. The number of amides is 2. The number of hydrogen-bond donors (Lipinski definition) is 2. The molecular formula is C23H23FN4O8S. The molecule has 1 aliphatic carbocycles. The first-order valence-corrected chi connectivity index (χ1v) is 12.8. The van der Waals surface area contributed by atoms with Crippen LogP contribution in [-0.4, -0.2) is 64.7 Å². The maximum absolute atomic E-state index is 13.5. The van der Waals surface area contributed by atoms with Crippen LogP contribution in [0.1, 0.15) is 30.9 Å². The Labute approximate surface area is 210 Å². The van der Waals surface area contributed by atoms with Crippen molar-refractivity contribution in [1.29, 1.82) is 0 Å². The number of carboxylic acids is 1. The van der Waals surface area contributed by atoms with Crippen LogP contribution in [0.25, 0.3) is 0 Å². The lowest BCUT2D eigenvalue weighted by Crippen LogP contribution is -2.54. The summed E-state index contributed by atoms with van der Waals surface area (Å²) in [5.41, 5.74) is -0.204. The molecule has 1 saturated heterocycles. The second-order valence-corrected chi connectivity index (χ2v) is 10.7. The SMILES string of the molecule is O=C(O)CC(NC(=O)C1N(C(=O)C2CC2)CCN1S(=O)(=O)c1ccc(F)cc1)c1cccc([N+](=O)[O-])c1. The lowest BCUT2D eigenvalue weighted by atomic mass is 10.0. The monoisotopic (exact) mass is 534 g/mol. The molecule has 1 aliphatic heterocycles. The number of nitrogens with one attached hydrogen (secondary N) is 1. The van der Waals surface area contributed by atoms with Crippen molar-refractivity contribution in [2.24, 2.45) is 5.92 Å². The largest absolute Gasteiger partial charge is 0.481 e. The van der Waals surface area contributed by atoms with Crippen LogP contribution in [0.2, 0.25) is 0 Å². The van der Waals surface area contributed by atoms with Crippen LogP contribution in [0, 0.1) is 21.8 Å². The lowest BCUT2D eigenvalue weighted by molar-refractivity contribution is -0.384. The summed E-state index contributed by atoms with van der Waals surface area (Å²) in [5.74, 6) is -3.68. The van der Waals surface area contributed by atoms with E-state index in [0.717, 1.165) is 39.5 Å². The molecule has 1 heterocycles. The van der Waals surface area contributed by atoms with E-state index in [0.29, 0.717) is 12.8 Å². The number of sulfonamides is 1. The highest BCUT2D eigenvalue weighted by molar-refractivity contribution is 7.89. The average Bonchev–Trinajstić information content (AvgIpc) is 3.60. The zero-order chi connectivity index (χ0) is 26.9. The van der Waals surface area contributed by atoms with Crippen LogP contribution < -0.4 is 5.32 Å². The van der Waals surface area contributed by atoms with Crippen molar-refractivity contribution in [3.8, 4) is 0 Å². The van der Waals surface area contributed by atoms with Gasteiger partial charge in [0.25, 0.3) is 11.6 Å². The zero-order valence-corrected chi connectivity index (χ0v) is 20.1. The van der Waals surface area contributed by atoms with E-state index in [2.05, 4.69) is 5.32 Å². The molecule has 14 heteroatoms. The summed E-state index contributed by atoms with van der Waals surface area (Å²) in [6.45, 7) is -0.287. The topological polar surface area (TPSA) is 167 Å². The fourth-order valence-corrected chi connectivity index (χ4v) is 5.74. The van der Waals surface area contributed by atoms with E-state index >= 15 is 0 Å². The number of nitro groups is 1. The number of rotatable bonds is 9. The summed E-state index contributed by atoms with van der Waals surface area (Å²) in [4.78, 5) is 49.4. The highest BCUT2D eigenvalue weighted by atomic mass is 32.2. The number of non-ortho nitro benzene ring substituents is 1. The first kappa shape index (κ1) is 26.2. The quantitative estimate of drug-likeness (QED) is 0.362. The van der Waals surface area contributed by atoms with Gasteiger partial charge in [-0.15, -0.1) is 0 Å². The molecule has 0 aromatic heterocycles. The van der Waals surface area contributed by atoms with Crippen LogP contribution in [0.5, 0.6) is 0 Å². The van der Waals surface area contributed by atoms with Gasteiger partial charge in [0.1, 0.15) is 5.82 Å². The van der Waals surface area contributed by atoms with E-state index in [1.165, 1.54) is 18.2 Å². The highest BCUT2D eigenvalue weighted by Gasteiger charge is 2.49. The van der Waals surface area contributed by atoms with Gasteiger partial charge in [-0.1, -0.05) is 12.1 Å². The maximum atomic E-state index is 13.5. The number of benzene rings is 2. The Morgan fingerprint density at radius 1 is 1.14 bits per heavy atom. The van der Waals surface area contributed by atoms with Gasteiger partial charge in [0.2, 0.25) is 15.9 Å². The molecular weight excluding hydrogens is 511 g/mol. The predicted molar refractivity (Wildman–Crippen MR) is 125 cm³/mol. The fourth-order valence-electron chi connectivity index (χ4n) is 4.20. The Morgan fingerprint density at radius 2 is 1.81 bits per heavy atom. The third-order valence-corrected chi connectivity index (χ3v) is 8.04. The van der Waals surface area contributed by atoms with Crippen molar-refractivity contribution in [2.45, 2.75) is 36.4 Å². The first-order valence-electron chi connectivity index (χ1n) is 11.3. The summed E-state index contributed by atoms with van der Waals surface area (Å²) in [5, 5.41) is 23.1. The minimum Gasteiger partial charge on any atom is -0.481 e. The smallest absolute Gasteiger partial charge is 0.305 e. The molecule has 2 unspecified atom stereocenters. The van der Waals surface area contributed by atoms with Gasteiger partial charge < -0.3 is 15.3 Å². The summed E-state index contributed by atoms with van der Waals surface area (Å²) in [6, 6.07) is 7.79. The van der Waals surface area contributed by atoms with Crippen LogP contribution in [0.4, 0.5) is 10.1 Å². The number of hydrogen-bond acceptors (Lipinski definition) is 7. The van der Waals surface area contributed by atoms with Crippen LogP contribution in [0.3, 0.4) is 0 Å². The molecule has 2 atom stereocenters. The molecule has 2 aromatic rings. The van der Waals surface area contributed by atoms with Gasteiger partial charge >= 0.3 is 5.97 Å². The number of aliphatic carboxylic acids is 1. The molecule has 1 saturated carbocycles. The van der Waals surface area contributed by atoms with E-state index in [-0.39, 0.29) is 35.2 Å². The Balaban J connectivity index is 1.68. The van der Waals surface area contributed by atoms with E-state index in [1.807, 2.05) is 0 Å². The van der Waals surface area contributed by atoms with Crippen molar-refractivity contribution >= 4 is 33.5 Å². The van der Waals surface area contributed by atoms with Crippen molar-refractivity contribution in [1.82, 2.24) is 14.5 Å². The molecule has 0 radical (unpaired) electrons. The molecule has 196 valence electrons. The van der Waals surface area contributed by atoms with Crippen LogP contribution in [-0.2, 0) is 24.4 Å². The molecule has 12 nitrogen and oxygen atoms in total. The second kappa shape index (κ2) is 10.2. The third-order valence-electron chi connectivity index (χ3n) is 6.17. The lowest BCUT2D eigenvalue weighted by Gasteiger charge is -2.30. The summed E-state index contributed by atoms with van der Waals surface area (Å²) in [6.07, 6.45) is -1.08. The molecule has 0 bridgehead atoms. The Morgan fingerprint density at radius 3 is 2.41 bits per heavy atom. The normalized spacial score (nSPS) is 18.8. The maximum Gasteiger partial charge on any atom is 0.305 e. The molecule has 2 aliphatic rings. The van der Waals surface area contributed by atoms with Gasteiger partial charge in [-0.25, -0.2) is 12.8 Å². The Bertz CT molecular complexity index is 1350. The van der Waals surface area contributed by atoms with Gasteiger partial charge in [0.05, 0.1) is 22.3 Å².